The minimum Gasteiger partial charge on any atom is -0.616 e. The van der Waals surface area contributed by atoms with Crippen LogP contribution in [-0.2, 0) is 11.2 Å². The minimum atomic E-state index is -1.01. The van der Waals surface area contributed by atoms with Crippen molar-refractivity contribution in [2.24, 2.45) is 0 Å². The fraction of sp³-hybridized carbons (Fsp3) is 1.00. The van der Waals surface area contributed by atoms with Gasteiger partial charge >= 0.3 is 0 Å². The first-order chi connectivity index (χ1) is 4.04. The molecule has 0 aromatic heterocycles. The molecule has 0 heterocycles. The van der Waals surface area contributed by atoms with Crippen LogP contribution in [0.5, 0.6) is 0 Å². The van der Waals surface area contributed by atoms with Crippen LogP contribution in [0.25, 0.3) is 0 Å². The topological polar surface area (TPSA) is 23.1 Å². The zero-order valence-corrected chi connectivity index (χ0v) is 6.93. The van der Waals surface area contributed by atoms with Crippen LogP contribution in [0.1, 0.15) is 20.8 Å². The Balaban J connectivity index is 3.80. The molecule has 0 N–H and O–H groups in total. The average Bonchev–Trinajstić information content (AvgIpc) is 1.86. The Hall–Kier alpha value is 0.240. The molecule has 3 heteroatoms. The van der Waals surface area contributed by atoms with Gasteiger partial charge in [-0.1, -0.05) is 0 Å². The fourth-order valence-corrected chi connectivity index (χ4v) is 1.35. The summed E-state index contributed by atoms with van der Waals surface area (Å²) in [5.74, 6) is 0.539. The van der Waals surface area contributed by atoms with E-state index in [2.05, 4.69) is 0 Å². The van der Waals surface area contributed by atoms with Crippen LogP contribution in [-0.4, -0.2) is 21.7 Å². The summed E-state index contributed by atoms with van der Waals surface area (Å²) in [5, 5.41) is 0. The largest absolute Gasteiger partial charge is 0.616 e. The minimum absolute atomic E-state index is 0.506. The van der Waals surface area contributed by atoms with Crippen molar-refractivity contribution >= 4 is 11.2 Å². The van der Waals surface area contributed by atoms with Gasteiger partial charge in [-0.05, 0) is 31.9 Å². The van der Waals surface area contributed by atoms with Crippen LogP contribution in [0, 0.1) is 0 Å². The van der Waals surface area contributed by atoms with Crippen molar-refractivity contribution in [2.45, 2.75) is 25.5 Å². The predicted molar refractivity (Wildman–Crippen MR) is 38.7 cm³/mol. The van der Waals surface area contributed by atoms with Gasteiger partial charge in [-0.15, -0.1) is 0 Å². The summed E-state index contributed by atoms with van der Waals surface area (Å²) in [6.07, 6.45) is 0. The summed E-state index contributed by atoms with van der Waals surface area (Å²) >= 11 is -1.01. The van der Waals surface area contributed by atoms with E-state index in [1.54, 1.807) is 20.8 Å². The Kier molecular flexibility index (Phi) is 3.51. The smallest absolute Gasteiger partial charge is 0.148 e. The lowest BCUT2D eigenvalue weighted by Crippen LogP contribution is -2.35. The fourth-order valence-electron chi connectivity index (χ4n) is 0.452. The summed E-state index contributed by atoms with van der Waals surface area (Å²) in [4.78, 5) is 0. The molecule has 0 saturated carbocycles. The van der Waals surface area contributed by atoms with Crippen molar-refractivity contribution in [3.05, 3.63) is 0 Å². The Labute approximate surface area is 58.8 Å². The standard InChI is InChI=1S/C6H13FOS/c1-4-9(8)6(2,3)5-7/h4-5H2,1-3H3. The molecule has 1 unspecified atom stereocenters. The van der Waals surface area contributed by atoms with Gasteiger partial charge in [0.2, 0.25) is 0 Å². The molecule has 0 bridgehead atoms. The Morgan fingerprint density at radius 3 is 2.11 bits per heavy atom. The maximum Gasteiger partial charge on any atom is 0.148 e. The van der Waals surface area contributed by atoms with Gasteiger partial charge < -0.3 is 4.55 Å². The summed E-state index contributed by atoms with van der Waals surface area (Å²) in [5.41, 5.74) is 0. The summed E-state index contributed by atoms with van der Waals surface area (Å²) in [6.45, 7) is 4.64. The van der Waals surface area contributed by atoms with E-state index in [0.717, 1.165) is 0 Å². The van der Waals surface area contributed by atoms with Crippen LogP contribution in [0.3, 0.4) is 0 Å². The lowest BCUT2D eigenvalue weighted by Gasteiger charge is -2.24. The Bertz CT molecular complexity index is 85.1. The molecule has 0 spiro atoms. The highest BCUT2D eigenvalue weighted by molar-refractivity contribution is 7.92. The van der Waals surface area contributed by atoms with Crippen molar-refractivity contribution < 1.29 is 8.94 Å². The zero-order valence-electron chi connectivity index (χ0n) is 6.11. The average molecular weight is 152 g/mol. The summed E-state index contributed by atoms with van der Waals surface area (Å²) in [6, 6.07) is 0. The van der Waals surface area contributed by atoms with E-state index in [9.17, 15) is 8.94 Å². The number of rotatable bonds is 3. The molecule has 0 saturated heterocycles. The van der Waals surface area contributed by atoms with E-state index in [4.69, 9.17) is 0 Å². The second-order valence-corrected chi connectivity index (χ2v) is 4.90. The summed E-state index contributed by atoms with van der Waals surface area (Å²) in [7, 11) is 0. The van der Waals surface area contributed by atoms with E-state index in [1.165, 1.54) is 0 Å². The maximum absolute atomic E-state index is 12.0. The molecule has 0 rings (SSSR count). The van der Waals surface area contributed by atoms with Crippen molar-refractivity contribution in [2.75, 3.05) is 12.4 Å². The molecule has 1 atom stereocenters. The van der Waals surface area contributed by atoms with Crippen molar-refractivity contribution in [1.82, 2.24) is 0 Å². The zero-order chi connectivity index (χ0) is 7.49. The van der Waals surface area contributed by atoms with Crippen molar-refractivity contribution in [3.8, 4) is 0 Å². The van der Waals surface area contributed by atoms with Gasteiger partial charge in [0, 0.05) is 0 Å². The number of halogens is 1. The molecule has 0 aromatic carbocycles. The van der Waals surface area contributed by atoms with Crippen LogP contribution >= 0.6 is 0 Å². The molecule has 0 aliphatic carbocycles. The monoisotopic (exact) mass is 152 g/mol. The highest BCUT2D eigenvalue weighted by Gasteiger charge is 2.29. The van der Waals surface area contributed by atoms with E-state index in [-0.39, 0.29) is 0 Å². The molecular weight excluding hydrogens is 139 g/mol. The van der Waals surface area contributed by atoms with Crippen LogP contribution in [0.2, 0.25) is 0 Å². The van der Waals surface area contributed by atoms with Gasteiger partial charge in [-0.3, -0.25) is 0 Å². The van der Waals surface area contributed by atoms with Crippen LogP contribution in [0.15, 0.2) is 0 Å². The number of alkyl halides is 1. The predicted octanol–water partition coefficient (Wildman–Crippen LogP) is 1.50. The normalized spacial score (nSPS) is 15.7. The van der Waals surface area contributed by atoms with Crippen molar-refractivity contribution in [1.29, 1.82) is 0 Å². The van der Waals surface area contributed by atoms with Gasteiger partial charge in [0.25, 0.3) is 0 Å². The molecule has 1 nitrogen and oxygen atoms in total. The second-order valence-electron chi connectivity index (χ2n) is 2.53. The van der Waals surface area contributed by atoms with E-state index in [1.807, 2.05) is 0 Å². The van der Waals surface area contributed by atoms with Gasteiger partial charge in [0.15, 0.2) is 0 Å². The quantitative estimate of drug-likeness (QED) is 0.562. The molecule has 0 aliphatic rings. The molecule has 0 amide bonds. The molecule has 0 fully saturated rings. The first kappa shape index (κ1) is 9.24. The van der Waals surface area contributed by atoms with Crippen LogP contribution < -0.4 is 0 Å². The lowest BCUT2D eigenvalue weighted by atomic mass is 10.2. The number of hydrogen-bond donors (Lipinski definition) is 0. The molecule has 0 aliphatic heterocycles. The first-order valence-electron chi connectivity index (χ1n) is 2.99. The van der Waals surface area contributed by atoms with E-state index >= 15 is 0 Å². The molecule has 56 valence electrons. The van der Waals surface area contributed by atoms with E-state index < -0.39 is 22.6 Å². The second kappa shape index (κ2) is 3.42. The molecule has 0 radical (unpaired) electrons. The summed E-state index contributed by atoms with van der Waals surface area (Å²) < 4.78 is 22.3. The highest BCUT2D eigenvalue weighted by atomic mass is 32.2. The van der Waals surface area contributed by atoms with Crippen LogP contribution in [0.4, 0.5) is 4.39 Å². The highest BCUT2D eigenvalue weighted by Crippen LogP contribution is 2.16. The lowest BCUT2D eigenvalue weighted by molar-refractivity contribution is 0.410. The van der Waals surface area contributed by atoms with Gasteiger partial charge in [0.1, 0.15) is 17.2 Å². The van der Waals surface area contributed by atoms with E-state index in [0.29, 0.717) is 5.75 Å². The SMILES string of the molecule is CC[S+]([O-])C(C)(C)CF. The molecule has 0 aromatic rings. The third kappa shape index (κ3) is 2.54. The Morgan fingerprint density at radius 2 is 2.00 bits per heavy atom. The van der Waals surface area contributed by atoms with Gasteiger partial charge in [-0.25, -0.2) is 4.39 Å². The Morgan fingerprint density at radius 1 is 1.56 bits per heavy atom. The molecular formula is C6H13FOS. The third-order valence-electron chi connectivity index (χ3n) is 1.20. The maximum atomic E-state index is 12.0. The van der Waals surface area contributed by atoms with Gasteiger partial charge in [0.05, 0.1) is 0 Å². The first-order valence-corrected chi connectivity index (χ1v) is 4.31. The molecule has 9 heavy (non-hydrogen) atoms. The third-order valence-corrected chi connectivity index (χ3v) is 3.07. The number of hydrogen-bond acceptors (Lipinski definition) is 1. The van der Waals surface area contributed by atoms with Gasteiger partial charge in [-0.2, -0.15) is 0 Å². The van der Waals surface area contributed by atoms with Crippen molar-refractivity contribution in [3.63, 3.8) is 0 Å².